The van der Waals surface area contributed by atoms with E-state index in [1.54, 1.807) is 0 Å². The zero-order valence-electron chi connectivity index (χ0n) is 12.6. The van der Waals surface area contributed by atoms with E-state index in [-0.39, 0.29) is 0 Å². The predicted octanol–water partition coefficient (Wildman–Crippen LogP) is 3.12. The molecule has 21 heavy (non-hydrogen) atoms. The van der Waals surface area contributed by atoms with E-state index in [0.29, 0.717) is 18.5 Å². The molecule has 0 unspecified atom stereocenters. The van der Waals surface area contributed by atoms with Crippen molar-refractivity contribution in [1.82, 2.24) is 5.32 Å². The van der Waals surface area contributed by atoms with E-state index in [2.05, 4.69) is 40.1 Å². The molecular weight excluding hydrogens is 350 g/mol. The first-order valence-electron chi connectivity index (χ1n) is 7.08. The van der Waals surface area contributed by atoms with Crippen LogP contribution in [0.3, 0.4) is 0 Å². The van der Waals surface area contributed by atoms with Gasteiger partial charge < -0.3 is 15.8 Å². The Morgan fingerprint density at radius 3 is 2.95 bits per heavy atom. The van der Waals surface area contributed by atoms with Crippen molar-refractivity contribution in [2.24, 2.45) is 16.6 Å². The number of rotatable bonds is 9. The van der Waals surface area contributed by atoms with Crippen molar-refractivity contribution in [2.75, 3.05) is 31.2 Å². The summed E-state index contributed by atoms with van der Waals surface area (Å²) >= 11 is 5.26. The number of nitrogens with zero attached hydrogens (tertiary/aromatic N) is 1. The molecule has 0 fully saturated rings. The molecule has 0 bridgehead atoms. The SMILES string of the molecule is CC(C)CN=C(N)NCCSCCOc1cccc(Br)c1. The summed E-state index contributed by atoms with van der Waals surface area (Å²) in [5.74, 6) is 3.91. The molecule has 0 spiro atoms. The molecule has 0 atom stereocenters. The minimum absolute atomic E-state index is 0.537. The highest BCUT2D eigenvalue weighted by Gasteiger charge is 1.96. The molecular formula is C15H24BrN3OS. The lowest BCUT2D eigenvalue weighted by Gasteiger charge is -2.08. The Balaban J connectivity index is 2.01. The summed E-state index contributed by atoms with van der Waals surface area (Å²) in [5.41, 5.74) is 5.75. The Morgan fingerprint density at radius 1 is 1.43 bits per heavy atom. The quantitative estimate of drug-likeness (QED) is 0.396. The number of thioether (sulfide) groups is 1. The second-order valence-corrected chi connectivity index (χ2v) is 7.11. The number of nitrogens with two attached hydrogens (primary N) is 1. The van der Waals surface area contributed by atoms with Crippen molar-refractivity contribution in [3.63, 3.8) is 0 Å². The van der Waals surface area contributed by atoms with Gasteiger partial charge in [0.25, 0.3) is 0 Å². The lowest BCUT2D eigenvalue weighted by Crippen LogP contribution is -2.33. The first kappa shape index (κ1) is 18.2. The smallest absolute Gasteiger partial charge is 0.188 e. The van der Waals surface area contributed by atoms with Crippen LogP contribution < -0.4 is 15.8 Å². The van der Waals surface area contributed by atoms with Gasteiger partial charge in [-0.1, -0.05) is 35.8 Å². The highest BCUT2D eigenvalue weighted by molar-refractivity contribution is 9.10. The summed E-state index contributed by atoms with van der Waals surface area (Å²) in [7, 11) is 0. The van der Waals surface area contributed by atoms with Crippen LogP contribution in [-0.4, -0.2) is 37.2 Å². The molecule has 0 radical (unpaired) electrons. The van der Waals surface area contributed by atoms with E-state index >= 15 is 0 Å². The molecule has 0 aliphatic carbocycles. The average molecular weight is 374 g/mol. The van der Waals surface area contributed by atoms with E-state index in [4.69, 9.17) is 10.5 Å². The molecule has 118 valence electrons. The van der Waals surface area contributed by atoms with Crippen molar-refractivity contribution in [3.8, 4) is 5.75 Å². The van der Waals surface area contributed by atoms with Gasteiger partial charge in [-0.3, -0.25) is 4.99 Å². The number of halogens is 1. The lowest BCUT2D eigenvalue weighted by molar-refractivity contribution is 0.344. The first-order valence-corrected chi connectivity index (χ1v) is 9.02. The van der Waals surface area contributed by atoms with Gasteiger partial charge in [0.05, 0.1) is 6.61 Å². The molecule has 1 aromatic rings. The number of benzene rings is 1. The fourth-order valence-electron chi connectivity index (χ4n) is 1.47. The van der Waals surface area contributed by atoms with Gasteiger partial charge in [-0.2, -0.15) is 11.8 Å². The molecule has 1 aromatic carbocycles. The van der Waals surface area contributed by atoms with E-state index < -0.39 is 0 Å². The van der Waals surface area contributed by atoms with Crippen LogP contribution >= 0.6 is 27.7 Å². The number of guanidine groups is 1. The van der Waals surface area contributed by atoms with Crippen molar-refractivity contribution in [2.45, 2.75) is 13.8 Å². The van der Waals surface area contributed by atoms with Crippen LogP contribution in [0.15, 0.2) is 33.7 Å². The largest absolute Gasteiger partial charge is 0.493 e. The Morgan fingerprint density at radius 2 is 2.24 bits per heavy atom. The van der Waals surface area contributed by atoms with E-state index in [1.165, 1.54) is 0 Å². The van der Waals surface area contributed by atoms with Crippen LogP contribution in [-0.2, 0) is 0 Å². The van der Waals surface area contributed by atoms with Gasteiger partial charge >= 0.3 is 0 Å². The summed E-state index contributed by atoms with van der Waals surface area (Å²) < 4.78 is 6.69. The molecule has 6 heteroatoms. The average Bonchev–Trinajstić information content (AvgIpc) is 2.44. The number of hydrogen-bond donors (Lipinski definition) is 2. The highest BCUT2D eigenvalue weighted by Crippen LogP contribution is 2.17. The van der Waals surface area contributed by atoms with Gasteiger partial charge in [0.2, 0.25) is 0 Å². The number of hydrogen-bond acceptors (Lipinski definition) is 3. The molecule has 0 heterocycles. The molecule has 0 aliphatic heterocycles. The lowest BCUT2D eigenvalue weighted by atomic mass is 10.2. The molecule has 3 N–H and O–H groups in total. The maximum atomic E-state index is 5.75. The molecule has 0 amide bonds. The summed E-state index contributed by atoms with van der Waals surface area (Å²) in [6.07, 6.45) is 0. The zero-order chi connectivity index (χ0) is 15.5. The monoisotopic (exact) mass is 373 g/mol. The normalized spacial score (nSPS) is 11.7. The first-order chi connectivity index (χ1) is 10.1. The van der Waals surface area contributed by atoms with E-state index in [1.807, 2.05) is 36.0 Å². The molecule has 0 aromatic heterocycles. The summed E-state index contributed by atoms with van der Waals surface area (Å²) in [5, 5.41) is 3.11. The summed E-state index contributed by atoms with van der Waals surface area (Å²) in [6.45, 7) is 6.55. The maximum absolute atomic E-state index is 5.75. The van der Waals surface area contributed by atoms with Crippen molar-refractivity contribution < 1.29 is 4.74 Å². The second-order valence-electron chi connectivity index (χ2n) is 4.96. The van der Waals surface area contributed by atoms with Gasteiger partial charge in [0, 0.05) is 29.1 Å². The van der Waals surface area contributed by atoms with Crippen LogP contribution in [0.2, 0.25) is 0 Å². The van der Waals surface area contributed by atoms with Gasteiger partial charge in [-0.15, -0.1) is 0 Å². The predicted molar refractivity (Wildman–Crippen MR) is 96.3 cm³/mol. The molecule has 0 saturated carbocycles. The standard InChI is InChI=1S/C15H24BrN3OS/c1-12(2)11-19-15(17)18-6-8-21-9-7-20-14-5-3-4-13(16)10-14/h3-5,10,12H,6-9,11H2,1-2H3,(H3,17,18,19). The van der Waals surface area contributed by atoms with Crippen LogP contribution in [0.4, 0.5) is 0 Å². The van der Waals surface area contributed by atoms with Gasteiger partial charge in [-0.25, -0.2) is 0 Å². The Bertz CT molecular complexity index is 441. The van der Waals surface area contributed by atoms with Gasteiger partial charge in [-0.05, 0) is 24.1 Å². The summed E-state index contributed by atoms with van der Waals surface area (Å²) in [6, 6.07) is 7.88. The van der Waals surface area contributed by atoms with Gasteiger partial charge in [0.1, 0.15) is 5.75 Å². The van der Waals surface area contributed by atoms with Crippen molar-refractivity contribution >= 4 is 33.7 Å². The second kappa shape index (κ2) is 10.8. The summed E-state index contributed by atoms with van der Waals surface area (Å²) in [4.78, 5) is 4.25. The van der Waals surface area contributed by atoms with Crippen LogP contribution in [0.1, 0.15) is 13.8 Å². The third-order valence-electron chi connectivity index (χ3n) is 2.47. The Labute approximate surface area is 140 Å². The van der Waals surface area contributed by atoms with Crippen molar-refractivity contribution in [1.29, 1.82) is 0 Å². The minimum Gasteiger partial charge on any atom is -0.493 e. The molecule has 4 nitrogen and oxygen atoms in total. The number of ether oxygens (including phenoxy) is 1. The maximum Gasteiger partial charge on any atom is 0.188 e. The number of nitrogens with one attached hydrogen (secondary N) is 1. The molecule has 0 aliphatic rings. The van der Waals surface area contributed by atoms with Crippen molar-refractivity contribution in [3.05, 3.63) is 28.7 Å². The van der Waals surface area contributed by atoms with E-state index in [0.717, 1.165) is 34.8 Å². The molecule has 0 saturated heterocycles. The van der Waals surface area contributed by atoms with Gasteiger partial charge in [0.15, 0.2) is 5.96 Å². The van der Waals surface area contributed by atoms with Crippen LogP contribution in [0.5, 0.6) is 5.75 Å². The number of aliphatic imine (C=N–C) groups is 1. The third kappa shape index (κ3) is 9.63. The molecule has 1 rings (SSSR count). The van der Waals surface area contributed by atoms with Crippen LogP contribution in [0, 0.1) is 5.92 Å². The minimum atomic E-state index is 0.537. The zero-order valence-corrected chi connectivity index (χ0v) is 15.0. The Hall–Kier alpha value is -0.880. The Kier molecular flexibility index (Phi) is 9.34. The highest BCUT2D eigenvalue weighted by atomic mass is 79.9. The van der Waals surface area contributed by atoms with Crippen LogP contribution in [0.25, 0.3) is 0 Å². The topological polar surface area (TPSA) is 59.6 Å². The third-order valence-corrected chi connectivity index (χ3v) is 3.91. The fourth-order valence-corrected chi connectivity index (χ4v) is 2.50. The fraction of sp³-hybridized carbons (Fsp3) is 0.533. The van der Waals surface area contributed by atoms with E-state index in [9.17, 15) is 0 Å².